The van der Waals surface area contributed by atoms with Gasteiger partial charge in [-0.15, -0.1) is 0 Å². The third kappa shape index (κ3) is 3.84. The fourth-order valence-corrected chi connectivity index (χ4v) is 2.49. The van der Waals surface area contributed by atoms with Gasteiger partial charge in [-0.2, -0.15) is 0 Å². The molecule has 6 heteroatoms. The molecule has 128 valence electrons. The van der Waals surface area contributed by atoms with Gasteiger partial charge in [0.25, 0.3) is 0 Å². The molecule has 0 radical (unpaired) electrons. The number of benzene rings is 2. The topological polar surface area (TPSA) is 102 Å². The van der Waals surface area contributed by atoms with Crippen LogP contribution in [0.3, 0.4) is 0 Å². The van der Waals surface area contributed by atoms with Crippen molar-refractivity contribution < 1.29 is 24.5 Å². The summed E-state index contributed by atoms with van der Waals surface area (Å²) in [5, 5.41) is 18.2. The summed E-state index contributed by atoms with van der Waals surface area (Å²) in [6.45, 7) is -0.112. The molecule has 2 aromatic rings. The van der Waals surface area contributed by atoms with Crippen molar-refractivity contribution in [3.8, 4) is 22.6 Å². The molecule has 2 rings (SSSR count). The Labute approximate surface area is 140 Å². The number of aliphatic carboxylic acids is 1. The van der Waals surface area contributed by atoms with E-state index in [0.29, 0.717) is 17.1 Å². The number of rotatable bonds is 7. The van der Waals surface area contributed by atoms with Gasteiger partial charge in [0, 0.05) is 0 Å². The molecule has 2 aromatic carbocycles. The summed E-state index contributed by atoms with van der Waals surface area (Å²) < 4.78 is 10.8. The number of hydrogen-bond donors (Lipinski definition) is 3. The van der Waals surface area contributed by atoms with E-state index in [1.807, 2.05) is 24.3 Å². The van der Waals surface area contributed by atoms with Crippen molar-refractivity contribution in [2.45, 2.75) is 19.1 Å². The molecule has 0 fully saturated rings. The quantitative estimate of drug-likeness (QED) is 0.715. The van der Waals surface area contributed by atoms with Gasteiger partial charge in [0.1, 0.15) is 17.5 Å². The van der Waals surface area contributed by atoms with E-state index in [4.69, 9.17) is 20.3 Å². The number of carboxylic acid groups (broad SMARTS) is 1. The first-order valence-electron chi connectivity index (χ1n) is 7.43. The van der Waals surface area contributed by atoms with Gasteiger partial charge in [-0.25, -0.2) is 0 Å². The number of carboxylic acids is 1. The summed E-state index contributed by atoms with van der Waals surface area (Å²) in [6.07, 6.45) is 0.257. The molecule has 0 amide bonds. The zero-order valence-electron chi connectivity index (χ0n) is 13.7. The summed E-state index contributed by atoms with van der Waals surface area (Å²) in [5.74, 6) is 0.156. The van der Waals surface area contributed by atoms with E-state index in [9.17, 15) is 9.90 Å². The normalized spacial score (nSPS) is 11.8. The Hall–Kier alpha value is -2.57. The van der Waals surface area contributed by atoms with Crippen LogP contribution in [-0.4, -0.2) is 36.4 Å². The second-order valence-corrected chi connectivity index (χ2v) is 5.38. The standard InChI is InChI=1S/C18H21NO5/c1-23-15-8-12(10-20)9-16(24-2)17(15)13-5-3-11(4-6-13)7-14(19)18(21)22/h3-6,8-9,14,20H,7,10,19H2,1-2H3,(H,21,22)/t14-/m0/s1. The molecule has 0 spiro atoms. The van der Waals surface area contributed by atoms with Crippen LogP contribution in [-0.2, 0) is 17.8 Å². The predicted molar refractivity (Wildman–Crippen MR) is 90.2 cm³/mol. The summed E-state index contributed by atoms with van der Waals surface area (Å²) in [5.41, 5.74) is 8.71. The molecule has 0 aliphatic carbocycles. The lowest BCUT2D eigenvalue weighted by Crippen LogP contribution is -2.32. The third-order valence-corrected chi connectivity index (χ3v) is 3.76. The van der Waals surface area contributed by atoms with Crippen LogP contribution in [0.4, 0.5) is 0 Å². The highest BCUT2D eigenvalue weighted by molar-refractivity contribution is 5.78. The van der Waals surface area contributed by atoms with Gasteiger partial charge in [-0.1, -0.05) is 24.3 Å². The lowest BCUT2D eigenvalue weighted by molar-refractivity contribution is -0.138. The lowest BCUT2D eigenvalue weighted by Gasteiger charge is -2.15. The van der Waals surface area contributed by atoms with E-state index < -0.39 is 12.0 Å². The van der Waals surface area contributed by atoms with Crippen molar-refractivity contribution in [3.63, 3.8) is 0 Å². The van der Waals surface area contributed by atoms with E-state index >= 15 is 0 Å². The molecule has 0 heterocycles. The largest absolute Gasteiger partial charge is 0.496 e. The predicted octanol–water partition coefficient (Wildman–Crippen LogP) is 1.82. The average Bonchev–Trinajstić information content (AvgIpc) is 2.61. The molecular formula is C18H21NO5. The molecule has 0 aliphatic rings. The molecule has 0 aromatic heterocycles. The second-order valence-electron chi connectivity index (χ2n) is 5.38. The van der Waals surface area contributed by atoms with Gasteiger partial charge in [0.05, 0.1) is 26.4 Å². The number of carbonyl (C=O) groups is 1. The summed E-state index contributed by atoms with van der Waals surface area (Å²) >= 11 is 0. The Balaban J connectivity index is 2.39. The fraction of sp³-hybridized carbons (Fsp3) is 0.278. The number of ether oxygens (including phenoxy) is 2. The van der Waals surface area contributed by atoms with E-state index in [2.05, 4.69) is 0 Å². The van der Waals surface area contributed by atoms with Crippen molar-refractivity contribution in [3.05, 3.63) is 47.5 Å². The minimum Gasteiger partial charge on any atom is -0.496 e. The monoisotopic (exact) mass is 331 g/mol. The van der Waals surface area contributed by atoms with Gasteiger partial charge in [0.2, 0.25) is 0 Å². The highest BCUT2D eigenvalue weighted by atomic mass is 16.5. The lowest BCUT2D eigenvalue weighted by atomic mass is 9.98. The highest BCUT2D eigenvalue weighted by Gasteiger charge is 2.16. The average molecular weight is 331 g/mol. The van der Waals surface area contributed by atoms with Gasteiger partial charge in [-0.05, 0) is 35.2 Å². The van der Waals surface area contributed by atoms with E-state index in [1.165, 1.54) is 0 Å². The van der Waals surface area contributed by atoms with Gasteiger partial charge in [-0.3, -0.25) is 4.79 Å². The molecule has 6 nitrogen and oxygen atoms in total. The van der Waals surface area contributed by atoms with Gasteiger partial charge in [0.15, 0.2) is 0 Å². The minimum absolute atomic E-state index is 0.112. The number of aliphatic hydroxyl groups excluding tert-OH is 1. The third-order valence-electron chi connectivity index (χ3n) is 3.76. The first-order valence-corrected chi connectivity index (χ1v) is 7.43. The van der Waals surface area contributed by atoms with Crippen LogP contribution in [0.2, 0.25) is 0 Å². The van der Waals surface area contributed by atoms with Crippen molar-refractivity contribution in [2.24, 2.45) is 5.73 Å². The molecule has 0 saturated carbocycles. The van der Waals surface area contributed by atoms with Crippen LogP contribution < -0.4 is 15.2 Å². The van der Waals surface area contributed by atoms with Crippen LogP contribution in [0.25, 0.3) is 11.1 Å². The molecule has 0 aliphatic heterocycles. The Bertz CT molecular complexity index is 687. The van der Waals surface area contributed by atoms with Gasteiger partial charge >= 0.3 is 5.97 Å². The van der Waals surface area contributed by atoms with Crippen LogP contribution in [0.1, 0.15) is 11.1 Å². The zero-order chi connectivity index (χ0) is 17.7. The molecule has 24 heavy (non-hydrogen) atoms. The van der Waals surface area contributed by atoms with E-state index in [0.717, 1.165) is 16.7 Å². The van der Waals surface area contributed by atoms with Crippen molar-refractivity contribution >= 4 is 5.97 Å². The fourth-order valence-electron chi connectivity index (χ4n) is 2.49. The zero-order valence-corrected chi connectivity index (χ0v) is 13.7. The Morgan fingerprint density at radius 3 is 2.04 bits per heavy atom. The first kappa shape index (κ1) is 17.8. The van der Waals surface area contributed by atoms with E-state index in [-0.39, 0.29) is 13.0 Å². The maximum Gasteiger partial charge on any atom is 0.320 e. The number of hydrogen-bond acceptors (Lipinski definition) is 5. The molecule has 0 unspecified atom stereocenters. The Morgan fingerprint density at radius 1 is 1.08 bits per heavy atom. The maximum atomic E-state index is 10.8. The van der Waals surface area contributed by atoms with E-state index in [1.54, 1.807) is 26.4 Å². The van der Waals surface area contributed by atoms with Crippen LogP contribution in [0.15, 0.2) is 36.4 Å². The summed E-state index contributed by atoms with van der Waals surface area (Å²) in [6, 6.07) is 9.97. The van der Waals surface area contributed by atoms with Crippen LogP contribution >= 0.6 is 0 Å². The van der Waals surface area contributed by atoms with Crippen molar-refractivity contribution in [1.29, 1.82) is 0 Å². The van der Waals surface area contributed by atoms with Crippen molar-refractivity contribution in [1.82, 2.24) is 0 Å². The Morgan fingerprint density at radius 2 is 1.62 bits per heavy atom. The molecule has 0 bridgehead atoms. The molecule has 4 N–H and O–H groups in total. The number of aliphatic hydroxyl groups is 1. The Kier molecular flexibility index (Phi) is 5.78. The molecule has 1 atom stereocenters. The smallest absolute Gasteiger partial charge is 0.320 e. The van der Waals surface area contributed by atoms with Gasteiger partial charge < -0.3 is 25.4 Å². The second kappa shape index (κ2) is 7.81. The number of methoxy groups -OCH3 is 2. The van der Waals surface area contributed by atoms with Crippen molar-refractivity contribution in [2.75, 3.05) is 14.2 Å². The first-order chi connectivity index (χ1) is 11.5. The SMILES string of the molecule is COc1cc(CO)cc(OC)c1-c1ccc(C[C@H](N)C(=O)O)cc1. The molecular weight excluding hydrogens is 310 g/mol. The summed E-state index contributed by atoms with van der Waals surface area (Å²) in [4.78, 5) is 10.8. The van der Waals surface area contributed by atoms with Crippen LogP contribution in [0, 0.1) is 0 Å². The number of nitrogens with two attached hydrogens (primary N) is 1. The minimum atomic E-state index is -1.03. The van der Waals surface area contributed by atoms with Crippen LogP contribution in [0.5, 0.6) is 11.5 Å². The highest BCUT2D eigenvalue weighted by Crippen LogP contribution is 2.39. The summed E-state index contributed by atoms with van der Waals surface area (Å²) in [7, 11) is 3.11. The molecule has 0 saturated heterocycles. The maximum absolute atomic E-state index is 10.8.